The SMILES string of the molecule is COCCNc1ccc(C(=O)NCc2ccc(CN3CCC(O)CC3)cc2)cc1[N+](=O)[O-]. The second-order valence-corrected chi connectivity index (χ2v) is 7.92. The highest BCUT2D eigenvalue weighted by atomic mass is 16.6. The molecule has 32 heavy (non-hydrogen) atoms. The highest BCUT2D eigenvalue weighted by Gasteiger charge is 2.18. The monoisotopic (exact) mass is 442 g/mol. The standard InChI is InChI=1S/C23H30N4O5/c1-32-13-10-24-21-7-6-19(14-22(21)27(30)31)23(29)25-15-17-2-4-18(5-3-17)16-26-11-8-20(28)9-12-26/h2-7,14,20,24,28H,8-13,15-16H2,1H3,(H,25,29). The minimum absolute atomic E-state index is 0.150. The molecule has 9 nitrogen and oxygen atoms in total. The summed E-state index contributed by atoms with van der Waals surface area (Å²) in [5.74, 6) is -0.368. The second-order valence-electron chi connectivity index (χ2n) is 7.92. The van der Waals surface area contributed by atoms with E-state index in [1.807, 2.05) is 24.3 Å². The number of piperidine rings is 1. The Labute approximate surface area is 187 Å². The van der Waals surface area contributed by atoms with Crippen LogP contribution in [0.1, 0.15) is 34.3 Å². The fourth-order valence-electron chi connectivity index (χ4n) is 3.64. The molecule has 2 aromatic rings. The van der Waals surface area contributed by atoms with E-state index >= 15 is 0 Å². The van der Waals surface area contributed by atoms with Crippen molar-refractivity contribution >= 4 is 17.3 Å². The maximum Gasteiger partial charge on any atom is 0.293 e. The maximum atomic E-state index is 12.5. The van der Waals surface area contributed by atoms with E-state index in [0.29, 0.717) is 25.4 Å². The van der Waals surface area contributed by atoms with Crippen molar-refractivity contribution < 1.29 is 19.6 Å². The van der Waals surface area contributed by atoms with Crippen LogP contribution in [0, 0.1) is 10.1 Å². The molecular formula is C23H30N4O5. The van der Waals surface area contributed by atoms with Crippen LogP contribution < -0.4 is 10.6 Å². The summed E-state index contributed by atoms with van der Waals surface area (Å²) in [5, 5.41) is 26.8. The largest absolute Gasteiger partial charge is 0.393 e. The topological polar surface area (TPSA) is 117 Å². The number of nitrogens with zero attached hydrogens (tertiary/aromatic N) is 2. The molecule has 0 saturated carbocycles. The molecule has 0 aromatic heterocycles. The van der Waals surface area contributed by atoms with Crippen LogP contribution in [0.15, 0.2) is 42.5 Å². The molecule has 1 heterocycles. The number of hydrogen-bond donors (Lipinski definition) is 3. The first-order valence-electron chi connectivity index (χ1n) is 10.7. The number of ether oxygens (including phenoxy) is 1. The van der Waals surface area contributed by atoms with Crippen LogP contribution in [-0.4, -0.2) is 60.3 Å². The van der Waals surface area contributed by atoms with Gasteiger partial charge in [0.25, 0.3) is 11.6 Å². The number of carbonyl (C=O) groups is 1. The molecular weight excluding hydrogens is 412 g/mol. The molecule has 3 rings (SSSR count). The Kier molecular flexibility index (Phi) is 8.55. The van der Waals surface area contributed by atoms with Crippen LogP contribution in [-0.2, 0) is 17.8 Å². The number of hydrogen-bond acceptors (Lipinski definition) is 7. The van der Waals surface area contributed by atoms with Crippen LogP contribution in [0.3, 0.4) is 0 Å². The third-order valence-corrected chi connectivity index (χ3v) is 5.52. The van der Waals surface area contributed by atoms with Crippen molar-refractivity contribution in [2.45, 2.75) is 32.0 Å². The lowest BCUT2D eigenvalue weighted by Gasteiger charge is -2.29. The van der Waals surface area contributed by atoms with Gasteiger partial charge in [-0.3, -0.25) is 19.8 Å². The summed E-state index contributed by atoms with van der Waals surface area (Å²) in [4.78, 5) is 25.7. The molecule has 3 N–H and O–H groups in total. The van der Waals surface area contributed by atoms with Crippen molar-refractivity contribution in [3.05, 3.63) is 69.3 Å². The normalized spacial score (nSPS) is 14.8. The van der Waals surface area contributed by atoms with E-state index in [4.69, 9.17) is 4.74 Å². The van der Waals surface area contributed by atoms with Crippen molar-refractivity contribution in [1.29, 1.82) is 0 Å². The Morgan fingerprint density at radius 2 is 1.88 bits per heavy atom. The molecule has 0 bridgehead atoms. The van der Waals surface area contributed by atoms with E-state index < -0.39 is 4.92 Å². The van der Waals surface area contributed by atoms with Crippen molar-refractivity contribution in [3.8, 4) is 0 Å². The Morgan fingerprint density at radius 1 is 1.19 bits per heavy atom. The zero-order valence-corrected chi connectivity index (χ0v) is 18.3. The number of nitro benzene ring substituents is 1. The highest BCUT2D eigenvalue weighted by Crippen LogP contribution is 2.25. The number of rotatable bonds is 10. The predicted molar refractivity (Wildman–Crippen MR) is 122 cm³/mol. The Bertz CT molecular complexity index is 911. The Hall–Kier alpha value is -3.01. The van der Waals surface area contributed by atoms with Gasteiger partial charge in [-0.15, -0.1) is 0 Å². The van der Waals surface area contributed by atoms with E-state index in [1.165, 1.54) is 17.7 Å². The lowest BCUT2D eigenvalue weighted by molar-refractivity contribution is -0.384. The number of benzene rings is 2. The van der Waals surface area contributed by atoms with Gasteiger partial charge in [0.05, 0.1) is 17.6 Å². The summed E-state index contributed by atoms with van der Waals surface area (Å²) in [5.41, 5.74) is 2.57. The third kappa shape index (κ3) is 6.74. The molecule has 172 valence electrons. The third-order valence-electron chi connectivity index (χ3n) is 5.52. The summed E-state index contributed by atoms with van der Waals surface area (Å²) in [6.07, 6.45) is 1.45. The molecule has 1 saturated heterocycles. The van der Waals surface area contributed by atoms with Gasteiger partial charge < -0.3 is 20.5 Å². The summed E-state index contributed by atoms with van der Waals surface area (Å²) in [6.45, 7) is 3.81. The molecule has 0 atom stereocenters. The Morgan fingerprint density at radius 3 is 2.53 bits per heavy atom. The number of amides is 1. The van der Waals surface area contributed by atoms with Gasteiger partial charge in [0.2, 0.25) is 0 Å². The number of methoxy groups -OCH3 is 1. The molecule has 1 aliphatic heterocycles. The molecule has 0 aliphatic carbocycles. The van der Waals surface area contributed by atoms with Crippen LogP contribution >= 0.6 is 0 Å². The van der Waals surface area contributed by atoms with Gasteiger partial charge in [-0.05, 0) is 36.1 Å². The van der Waals surface area contributed by atoms with Gasteiger partial charge in [-0.25, -0.2) is 0 Å². The number of carbonyl (C=O) groups excluding carboxylic acids is 1. The first-order chi connectivity index (χ1) is 15.5. The fourth-order valence-corrected chi connectivity index (χ4v) is 3.64. The quantitative estimate of drug-likeness (QED) is 0.294. The average molecular weight is 443 g/mol. The molecule has 2 aromatic carbocycles. The summed E-state index contributed by atoms with van der Waals surface area (Å²) in [7, 11) is 1.55. The van der Waals surface area contributed by atoms with Crippen molar-refractivity contribution in [1.82, 2.24) is 10.2 Å². The lowest BCUT2D eigenvalue weighted by Crippen LogP contribution is -2.35. The molecule has 0 radical (unpaired) electrons. The number of nitrogens with one attached hydrogen (secondary N) is 2. The first-order valence-corrected chi connectivity index (χ1v) is 10.7. The van der Waals surface area contributed by atoms with Gasteiger partial charge >= 0.3 is 0 Å². The lowest BCUT2D eigenvalue weighted by atomic mass is 10.1. The fraction of sp³-hybridized carbons (Fsp3) is 0.435. The van der Waals surface area contributed by atoms with Crippen LogP contribution in [0.5, 0.6) is 0 Å². The van der Waals surface area contributed by atoms with E-state index in [1.54, 1.807) is 13.2 Å². The van der Waals surface area contributed by atoms with E-state index in [0.717, 1.165) is 38.0 Å². The van der Waals surface area contributed by atoms with E-state index in [2.05, 4.69) is 15.5 Å². The predicted octanol–water partition coefficient (Wildman–Crippen LogP) is 2.54. The second kappa shape index (κ2) is 11.6. The van der Waals surface area contributed by atoms with Gasteiger partial charge in [0, 0.05) is 51.5 Å². The van der Waals surface area contributed by atoms with Crippen molar-refractivity contribution in [2.75, 3.05) is 38.7 Å². The summed E-state index contributed by atoms with van der Waals surface area (Å²) in [6, 6.07) is 12.4. The number of nitro groups is 1. The molecule has 0 unspecified atom stereocenters. The minimum atomic E-state index is -0.506. The number of likely N-dealkylation sites (tertiary alicyclic amines) is 1. The van der Waals surface area contributed by atoms with Gasteiger partial charge in [-0.1, -0.05) is 24.3 Å². The van der Waals surface area contributed by atoms with Gasteiger partial charge in [-0.2, -0.15) is 0 Å². The molecule has 1 amide bonds. The number of aliphatic hydroxyl groups excluding tert-OH is 1. The zero-order chi connectivity index (χ0) is 22.9. The maximum absolute atomic E-state index is 12.5. The van der Waals surface area contributed by atoms with Crippen LogP contribution in [0.2, 0.25) is 0 Å². The van der Waals surface area contributed by atoms with Gasteiger partial charge in [0.1, 0.15) is 5.69 Å². The minimum Gasteiger partial charge on any atom is -0.393 e. The molecule has 9 heteroatoms. The summed E-state index contributed by atoms with van der Waals surface area (Å²) < 4.78 is 4.94. The number of anilines is 1. The van der Waals surface area contributed by atoms with Crippen LogP contribution in [0.4, 0.5) is 11.4 Å². The van der Waals surface area contributed by atoms with E-state index in [9.17, 15) is 20.0 Å². The average Bonchev–Trinajstić information content (AvgIpc) is 2.80. The summed E-state index contributed by atoms with van der Waals surface area (Å²) >= 11 is 0. The zero-order valence-electron chi connectivity index (χ0n) is 18.3. The molecule has 1 fully saturated rings. The molecule has 1 aliphatic rings. The van der Waals surface area contributed by atoms with Crippen molar-refractivity contribution in [2.24, 2.45) is 0 Å². The smallest absolute Gasteiger partial charge is 0.293 e. The highest BCUT2D eigenvalue weighted by molar-refractivity contribution is 5.95. The number of aliphatic hydroxyl groups is 1. The van der Waals surface area contributed by atoms with Gasteiger partial charge in [0.15, 0.2) is 0 Å². The van der Waals surface area contributed by atoms with Crippen molar-refractivity contribution in [3.63, 3.8) is 0 Å². The first kappa shape index (κ1) is 23.6. The van der Waals surface area contributed by atoms with E-state index in [-0.39, 0.29) is 23.3 Å². The van der Waals surface area contributed by atoms with Crippen LogP contribution in [0.25, 0.3) is 0 Å². The Balaban J connectivity index is 1.54. The molecule has 0 spiro atoms.